The zero-order valence-electron chi connectivity index (χ0n) is 33.6. The summed E-state index contributed by atoms with van der Waals surface area (Å²) in [5.74, 6) is 0. The Hall–Kier alpha value is -7.82. The van der Waals surface area contributed by atoms with E-state index >= 15 is 0 Å². The van der Waals surface area contributed by atoms with Crippen LogP contribution in [0.25, 0.3) is 99.2 Å². The van der Waals surface area contributed by atoms with Crippen LogP contribution in [-0.4, -0.2) is 0 Å². The second-order valence-electron chi connectivity index (χ2n) is 16.8. The Morgan fingerprint density at radius 3 is 1.80 bits per heavy atom. The zero-order valence-corrected chi connectivity index (χ0v) is 33.6. The molecular formula is C57H37NO3. The zero-order chi connectivity index (χ0) is 40.4. The molecule has 1 aliphatic carbocycles. The summed E-state index contributed by atoms with van der Waals surface area (Å²) in [5, 5.41) is 6.33. The van der Waals surface area contributed by atoms with Crippen molar-refractivity contribution in [2.24, 2.45) is 0 Å². The van der Waals surface area contributed by atoms with E-state index in [-0.39, 0.29) is 5.41 Å². The lowest BCUT2D eigenvalue weighted by Crippen LogP contribution is -2.16. The minimum Gasteiger partial charge on any atom is -0.456 e. The Morgan fingerprint density at radius 1 is 0.361 bits per heavy atom. The van der Waals surface area contributed by atoms with E-state index in [9.17, 15) is 0 Å². The molecule has 12 aromatic rings. The lowest BCUT2D eigenvalue weighted by atomic mass is 9.82. The summed E-state index contributed by atoms with van der Waals surface area (Å²) in [4.78, 5) is 2.38. The highest BCUT2D eigenvalue weighted by atomic mass is 16.3. The van der Waals surface area contributed by atoms with Crippen LogP contribution < -0.4 is 4.90 Å². The average molecular weight is 784 g/mol. The van der Waals surface area contributed by atoms with E-state index in [1.54, 1.807) is 0 Å². The van der Waals surface area contributed by atoms with Crippen LogP contribution in [0.2, 0.25) is 0 Å². The molecule has 0 atom stereocenters. The maximum absolute atomic E-state index is 7.13. The predicted molar refractivity (Wildman–Crippen MR) is 251 cm³/mol. The van der Waals surface area contributed by atoms with Crippen LogP contribution in [0, 0.1) is 0 Å². The van der Waals surface area contributed by atoms with Gasteiger partial charge in [-0.2, -0.15) is 0 Å². The van der Waals surface area contributed by atoms with Crippen molar-refractivity contribution in [1.29, 1.82) is 0 Å². The largest absolute Gasteiger partial charge is 0.456 e. The maximum atomic E-state index is 7.13. The third-order valence-electron chi connectivity index (χ3n) is 13.1. The molecule has 4 heteroatoms. The molecule has 1 aliphatic rings. The summed E-state index contributed by atoms with van der Waals surface area (Å²) >= 11 is 0. The van der Waals surface area contributed by atoms with Crippen LogP contribution >= 0.6 is 0 Å². The molecule has 0 N–H and O–H groups in total. The number of furan rings is 3. The summed E-state index contributed by atoms with van der Waals surface area (Å²) in [7, 11) is 0. The number of benzene rings is 9. The second-order valence-corrected chi connectivity index (χ2v) is 16.8. The van der Waals surface area contributed by atoms with Gasteiger partial charge in [0.15, 0.2) is 5.58 Å². The smallest absolute Gasteiger partial charge is 0.159 e. The van der Waals surface area contributed by atoms with Gasteiger partial charge in [0.2, 0.25) is 0 Å². The van der Waals surface area contributed by atoms with Crippen LogP contribution in [-0.2, 0) is 5.41 Å². The van der Waals surface area contributed by atoms with Gasteiger partial charge in [0, 0.05) is 54.7 Å². The minimum atomic E-state index is -0.188. The Labute approximate surface area is 351 Å². The van der Waals surface area contributed by atoms with E-state index in [4.69, 9.17) is 13.3 Å². The molecule has 0 spiro atoms. The number of hydrogen-bond acceptors (Lipinski definition) is 4. The van der Waals surface area contributed by atoms with Crippen LogP contribution in [0.3, 0.4) is 0 Å². The molecule has 0 aliphatic heterocycles. The average Bonchev–Trinajstić information content (AvgIpc) is 4.05. The topological polar surface area (TPSA) is 42.7 Å². The van der Waals surface area contributed by atoms with Crippen LogP contribution in [0.4, 0.5) is 17.1 Å². The Morgan fingerprint density at radius 2 is 0.967 bits per heavy atom. The first kappa shape index (κ1) is 34.1. The van der Waals surface area contributed by atoms with Crippen molar-refractivity contribution in [2.45, 2.75) is 19.3 Å². The molecule has 0 saturated carbocycles. The van der Waals surface area contributed by atoms with Gasteiger partial charge in [-0.15, -0.1) is 0 Å². The molecule has 0 amide bonds. The quantitative estimate of drug-likeness (QED) is 0.174. The normalized spacial score (nSPS) is 13.2. The predicted octanol–water partition coefficient (Wildman–Crippen LogP) is 16.5. The molecule has 9 aromatic carbocycles. The van der Waals surface area contributed by atoms with Crippen LogP contribution in [0.1, 0.15) is 25.0 Å². The summed E-state index contributed by atoms with van der Waals surface area (Å²) in [6.45, 7) is 4.68. The molecule has 288 valence electrons. The highest BCUT2D eigenvalue weighted by molar-refractivity contribution is 6.27. The molecule has 0 bridgehead atoms. The van der Waals surface area contributed by atoms with Gasteiger partial charge >= 0.3 is 0 Å². The molecule has 4 nitrogen and oxygen atoms in total. The van der Waals surface area contributed by atoms with E-state index in [0.717, 1.165) is 99.6 Å². The molecule has 0 saturated heterocycles. The highest BCUT2D eigenvalue weighted by Gasteiger charge is 2.36. The van der Waals surface area contributed by atoms with Crippen molar-refractivity contribution < 1.29 is 13.3 Å². The van der Waals surface area contributed by atoms with Crippen molar-refractivity contribution in [2.75, 3.05) is 4.90 Å². The number of nitrogens with zero attached hydrogens (tertiary/aromatic N) is 1. The first-order chi connectivity index (χ1) is 30.0. The van der Waals surface area contributed by atoms with Gasteiger partial charge in [0.05, 0.1) is 5.69 Å². The molecular weight excluding hydrogens is 747 g/mol. The molecule has 3 aromatic heterocycles. The van der Waals surface area contributed by atoms with Crippen LogP contribution in [0.15, 0.2) is 201 Å². The Bertz CT molecular complexity index is 3730. The fourth-order valence-electron chi connectivity index (χ4n) is 10.2. The fourth-order valence-corrected chi connectivity index (χ4v) is 10.2. The van der Waals surface area contributed by atoms with Crippen molar-refractivity contribution >= 4 is 82.9 Å². The third kappa shape index (κ3) is 4.93. The number of rotatable bonds is 5. The molecule has 0 unspecified atom stereocenters. The number of hydrogen-bond donors (Lipinski definition) is 0. The van der Waals surface area contributed by atoms with E-state index < -0.39 is 0 Å². The standard InChI is InChI=1S/C57H37NO3/c1-57(2)46-20-9-6-15-40(46)41-28-27-38(33-47(41)57)58(37-25-23-35(24-26-37)34-13-4-3-5-14-34)48-32-36(39-18-12-19-43-42-16-7-10-21-49(42)60-55(39)43)31-45-54-52(61-56(45)48)30-29-51-53(54)44-17-8-11-22-50(44)59-51/h3-33H,1-2H3. The van der Waals surface area contributed by atoms with Crippen molar-refractivity contribution in [1.82, 2.24) is 0 Å². The van der Waals surface area contributed by atoms with Crippen molar-refractivity contribution in [3.8, 4) is 33.4 Å². The number of para-hydroxylation sites is 3. The summed E-state index contributed by atoms with van der Waals surface area (Å²) in [6.07, 6.45) is 0. The van der Waals surface area contributed by atoms with E-state index in [1.165, 1.54) is 27.8 Å². The van der Waals surface area contributed by atoms with Gasteiger partial charge in [-0.1, -0.05) is 141 Å². The maximum Gasteiger partial charge on any atom is 0.159 e. The Kier molecular flexibility index (Phi) is 7.04. The molecule has 0 radical (unpaired) electrons. The minimum absolute atomic E-state index is 0.188. The third-order valence-corrected chi connectivity index (χ3v) is 13.1. The second kappa shape index (κ2) is 12.6. The van der Waals surface area contributed by atoms with Crippen molar-refractivity contribution in [3.63, 3.8) is 0 Å². The summed E-state index contributed by atoms with van der Waals surface area (Å²) < 4.78 is 20.3. The molecule has 0 fully saturated rings. The SMILES string of the molecule is CC1(C)c2ccccc2-c2ccc(N(c3ccc(-c4ccccc4)cc3)c3cc(-c4cccc5c4oc4ccccc45)cc4c3oc3ccc5oc6ccccc6c5c34)cc21. The lowest BCUT2D eigenvalue weighted by molar-refractivity contribution is 0.660. The monoisotopic (exact) mass is 783 g/mol. The van der Waals surface area contributed by atoms with Gasteiger partial charge in [-0.25, -0.2) is 0 Å². The molecule has 61 heavy (non-hydrogen) atoms. The molecule has 13 rings (SSSR count). The Balaban J connectivity index is 1.13. The fraction of sp³-hybridized carbons (Fsp3) is 0.0526. The van der Waals surface area contributed by atoms with E-state index in [0.29, 0.717) is 0 Å². The van der Waals surface area contributed by atoms with Crippen LogP contribution in [0.5, 0.6) is 0 Å². The van der Waals surface area contributed by atoms with Gasteiger partial charge in [-0.05, 0) is 99.6 Å². The van der Waals surface area contributed by atoms with Gasteiger partial charge < -0.3 is 18.2 Å². The van der Waals surface area contributed by atoms with E-state index in [2.05, 4.69) is 176 Å². The van der Waals surface area contributed by atoms with Crippen molar-refractivity contribution in [3.05, 3.63) is 199 Å². The van der Waals surface area contributed by atoms with Gasteiger partial charge in [0.1, 0.15) is 27.9 Å². The lowest BCUT2D eigenvalue weighted by Gasteiger charge is -2.28. The van der Waals surface area contributed by atoms with Gasteiger partial charge in [0.25, 0.3) is 0 Å². The number of anilines is 3. The highest BCUT2D eigenvalue weighted by Crippen LogP contribution is 2.53. The molecule has 3 heterocycles. The van der Waals surface area contributed by atoms with Gasteiger partial charge in [-0.3, -0.25) is 0 Å². The first-order valence-corrected chi connectivity index (χ1v) is 20.9. The summed E-state index contributed by atoms with van der Waals surface area (Å²) in [6, 6.07) is 67.0. The van der Waals surface area contributed by atoms with E-state index in [1.807, 2.05) is 30.3 Å². The number of fused-ring (bicyclic) bond motifs is 13. The first-order valence-electron chi connectivity index (χ1n) is 20.9. The summed E-state index contributed by atoms with van der Waals surface area (Å²) in [5.41, 5.74) is 17.4.